The van der Waals surface area contributed by atoms with Gasteiger partial charge in [0.1, 0.15) is 6.61 Å². The molecule has 3 N–H and O–H groups in total. The van der Waals surface area contributed by atoms with E-state index in [1.165, 1.54) is 27.8 Å². The van der Waals surface area contributed by atoms with E-state index >= 15 is 0 Å². The van der Waals surface area contributed by atoms with Gasteiger partial charge >= 0.3 is 12.1 Å². The van der Waals surface area contributed by atoms with Crippen LogP contribution < -0.4 is 5.32 Å². The average molecular weight is 457 g/mol. The highest BCUT2D eigenvalue weighted by Gasteiger charge is 2.49. The summed E-state index contributed by atoms with van der Waals surface area (Å²) in [6.07, 6.45) is -0.506. The van der Waals surface area contributed by atoms with Crippen LogP contribution in [0.2, 0.25) is 0 Å². The Kier molecular flexibility index (Phi) is 6.38. The number of carbonyl (C=O) groups excluding carboxylic acids is 2. The number of nitrogens with one attached hydrogen (secondary N) is 1. The molecule has 9 heteroatoms. The number of ether oxygens (including phenoxy) is 1. The summed E-state index contributed by atoms with van der Waals surface area (Å²) in [7, 11) is 0. The van der Waals surface area contributed by atoms with E-state index in [4.69, 9.17) is 9.84 Å². The van der Waals surface area contributed by atoms with Crippen LogP contribution in [0.4, 0.5) is 4.79 Å². The lowest BCUT2D eigenvalue weighted by molar-refractivity contribution is -0.181. The van der Waals surface area contributed by atoms with Crippen molar-refractivity contribution in [3.05, 3.63) is 59.7 Å². The lowest BCUT2D eigenvalue weighted by Gasteiger charge is -2.43. The molecule has 0 bridgehead atoms. The van der Waals surface area contributed by atoms with Gasteiger partial charge in [-0.05, 0) is 22.3 Å². The van der Waals surface area contributed by atoms with E-state index in [2.05, 4.69) is 29.6 Å². The monoisotopic (exact) mass is 456 g/mol. The highest BCUT2D eigenvalue weighted by atomic mass is 32.2. The second-order valence-corrected chi connectivity index (χ2v) is 9.00. The molecule has 2 aromatic carbocycles. The number of nitrogens with zero attached hydrogens (tertiary/aromatic N) is 1. The van der Waals surface area contributed by atoms with Gasteiger partial charge in [0, 0.05) is 18.2 Å². The van der Waals surface area contributed by atoms with Gasteiger partial charge in [0.25, 0.3) is 0 Å². The van der Waals surface area contributed by atoms with Crippen molar-refractivity contribution in [3.63, 3.8) is 0 Å². The van der Waals surface area contributed by atoms with Gasteiger partial charge in [0.05, 0.1) is 18.8 Å². The number of hydrogen-bond acceptors (Lipinski definition) is 6. The van der Waals surface area contributed by atoms with Crippen LogP contribution in [-0.4, -0.2) is 76.4 Å². The molecule has 8 nitrogen and oxygen atoms in total. The van der Waals surface area contributed by atoms with Crippen LogP contribution >= 0.6 is 11.8 Å². The molecule has 1 heterocycles. The number of alkyl carbamates (subject to hydrolysis) is 1. The molecule has 1 aliphatic carbocycles. The Balaban J connectivity index is 1.16. The normalized spacial score (nSPS) is 16.0. The van der Waals surface area contributed by atoms with E-state index < -0.39 is 17.7 Å². The predicted octanol–water partition coefficient (Wildman–Crippen LogP) is 1.92. The van der Waals surface area contributed by atoms with Crippen molar-refractivity contribution < 1.29 is 29.3 Å². The molecule has 0 aromatic heterocycles. The molecule has 2 aliphatic rings. The number of thioether (sulfide) groups is 1. The van der Waals surface area contributed by atoms with E-state index in [9.17, 15) is 19.5 Å². The molecular weight excluding hydrogens is 432 g/mol. The second kappa shape index (κ2) is 9.22. The Bertz CT molecular complexity index is 991. The first-order chi connectivity index (χ1) is 15.4. The van der Waals surface area contributed by atoms with Crippen molar-refractivity contribution in [1.82, 2.24) is 10.2 Å². The van der Waals surface area contributed by atoms with Crippen molar-refractivity contribution in [3.8, 4) is 11.1 Å². The molecule has 4 rings (SSSR count). The number of fused-ring (bicyclic) bond motifs is 3. The summed E-state index contributed by atoms with van der Waals surface area (Å²) < 4.78 is 5.46. The van der Waals surface area contributed by atoms with E-state index in [-0.39, 0.29) is 37.3 Å². The number of carbonyl (C=O) groups is 3. The summed E-state index contributed by atoms with van der Waals surface area (Å²) in [6.45, 7) is 0.195. The number of amides is 2. The minimum absolute atomic E-state index is 0.00104. The van der Waals surface area contributed by atoms with Crippen molar-refractivity contribution in [1.29, 1.82) is 0 Å². The Hall–Kier alpha value is -3.04. The number of carboxylic acid groups (broad SMARTS) is 1. The highest BCUT2D eigenvalue weighted by molar-refractivity contribution is 7.99. The zero-order valence-corrected chi connectivity index (χ0v) is 18.1. The van der Waals surface area contributed by atoms with Gasteiger partial charge in [0.2, 0.25) is 5.91 Å². The van der Waals surface area contributed by atoms with Gasteiger partial charge in [-0.2, -0.15) is 11.8 Å². The van der Waals surface area contributed by atoms with Gasteiger partial charge in [-0.15, -0.1) is 0 Å². The number of β-amino-alcohol motifs (C(OH)–C–C–N with tert-alkyl or cyclic N) is 1. The molecule has 1 fully saturated rings. The van der Waals surface area contributed by atoms with Crippen molar-refractivity contribution in [2.24, 2.45) is 0 Å². The number of aliphatic carboxylic acids is 1. The fourth-order valence-electron chi connectivity index (χ4n) is 4.02. The number of aliphatic hydroxyl groups is 1. The summed E-state index contributed by atoms with van der Waals surface area (Å²) in [4.78, 5) is 36.2. The number of rotatable bonds is 8. The lowest BCUT2D eigenvalue weighted by atomic mass is 9.94. The van der Waals surface area contributed by atoms with Crippen molar-refractivity contribution in [2.45, 2.75) is 11.5 Å². The molecule has 2 aromatic rings. The number of hydrogen-bond donors (Lipinski definition) is 3. The van der Waals surface area contributed by atoms with Crippen LogP contribution in [-0.2, 0) is 14.3 Å². The SMILES string of the molecule is O=C(NCCSCC(=O)N1CC(O)(C(=O)O)C1)OCC1c2ccccc2-c2ccccc21. The largest absolute Gasteiger partial charge is 0.479 e. The van der Waals surface area contributed by atoms with Crippen LogP contribution in [0.15, 0.2) is 48.5 Å². The minimum Gasteiger partial charge on any atom is -0.479 e. The maximum atomic E-state index is 12.1. The third kappa shape index (κ3) is 4.44. The van der Waals surface area contributed by atoms with Gasteiger partial charge in [-0.25, -0.2) is 9.59 Å². The molecule has 0 saturated carbocycles. The molecule has 1 aliphatic heterocycles. The minimum atomic E-state index is -1.83. The fourth-order valence-corrected chi connectivity index (χ4v) is 4.77. The van der Waals surface area contributed by atoms with Crippen LogP contribution in [0.5, 0.6) is 0 Å². The first-order valence-corrected chi connectivity index (χ1v) is 11.4. The van der Waals surface area contributed by atoms with Crippen LogP contribution in [0, 0.1) is 0 Å². The smallest absolute Gasteiger partial charge is 0.407 e. The van der Waals surface area contributed by atoms with Gasteiger partial charge in [0.15, 0.2) is 5.60 Å². The first kappa shape index (κ1) is 22.2. The quantitative estimate of drug-likeness (QED) is 0.520. The summed E-state index contributed by atoms with van der Waals surface area (Å²) in [5, 5.41) is 21.2. The van der Waals surface area contributed by atoms with Crippen molar-refractivity contribution in [2.75, 3.05) is 37.7 Å². The first-order valence-electron chi connectivity index (χ1n) is 10.3. The Labute approximate surface area is 189 Å². The summed E-state index contributed by atoms with van der Waals surface area (Å²) >= 11 is 1.32. The fraction of sp³-hybridized carbons (Fsp3) is 0.348. The lowest BCUT2D eigenvalue weighted by Crippen LogP contribution is -2.67. The highest BCUT2D eigenvalue weighted by Crippen LogP contribution is 2.44. The number of carboxylic acids is 1. The molecule has 1 saturated heterocycles. The summed E-state index contributed by atoms with van der Waals surface area (Å²) in [5.41, 5.74) is 2.81. The standard InChI is InChI=1S/C23H24N2O6S/c26-20(25-13-23(30,14-25)21(27)28)12-32-10-9-24-22(29)31-11-19-17-7-3-1-5-15(17)16-6-2-4-8-18(16)19/h1-8,19,30H,9-14H2,(H,24,29)(H,27,28). The third-order valence-corrected chi connectivity index (χ3v) is 6.68. The zero-order valence-electron chi connectivity index (χ0n) is 17.3. The Morgan fingerprint density at radius 1 is 1.06 bits per heavy atom. The van der Waals surface area contributed by atoms with E-state index in [0.717, 1.165) is 11.1 Å². The van der Waals surface area contributed by atoms with Crippen LogP contribution in [0.1, 0.15) is 17.0 Å². The summed E-state index contributed by atoms with van der Waals surface area (Å²) in [5.74, 6) is -0.889. The molecule has 2 amide bonds. The zero-order chi connectivity index (χ0) is 22.7. The molecular formula is C23H24N2O6S. The van der Waals surface area contributed by atoms with E-state index in [1.54, 1.807) is 0 Å². The number of likely N-dealkylation sites (tertiary alicyclic amines) is 1. The third-order valence-electron chi connectivity index (χ3n) is 5.74. The van der Waals surface area contributed by atoms with E-state index in [0.29, 0.717) is 12.3 Å². The topological polar surface area (TPSA) is 116 Å². The molecule has 0 atom stereocenters. The molecule has 0 spiro atoms. The maximum absolute atomic E-state index is 12.1. The average Bonchev–Trinajstić information content (AvgIpc) is 3.08. The van der Waals surface area contributed by atoms with Gasteiger partial charge in [-0.1, -0.05) is 48.5 Å². The summed E-state index contributed by atoms with van der Waals surface area (Å²) in [6, 6.07) is 16.3. The second-order valence-electron chi connectivity index (χ2n) is 7.89. The van der Waals surface area contributed by atoms with Crippen molar-refractivity contribution >= 4 is 29.7 Å². The number of benzene rings is 2. The molecule has 0 radical (unpaired) electrons. The predicted molar refractivity (Wildman–Crippen MR) is 120 cm³/mol. The van der Waals surface area contributed by atoms with Gasteiger partial charge in [-0.3, -0.25) is 4.79 Å². The van der Waals surface area contributed by atoms with Crippen LogP contribution in [0.25, 0.3) is 11.1 Å². The van der Waals surface area contributed by atoms with E-state index in [1.807, 2.05) is 24.3 Å². The molecule has 0 unspecified atom stereocenters. The Morgan fingerprint density at radius 2 is 1.66 bits per heavy atom. The van der Waals surface area contributed by atoms with Gasteiger partial charge < -0.3 is 25.2 Å². The molecule has 32 heavy (non-hydrogen) atoms. The van der Waals surface area contributed by atoms with Crippen LogP contribution in [0.3, 0.4) is 0 Å². The maximum Gasteiger partial charge on any atom is 0.407 e. The Morgan fingerprint density at radius 3 is 2.25 bits per heavy atom. The molecule has 168 valence electrons.